The van der Waals surface area contributed by atoms with Crippen molar-refractivity contribution in [1.82, 2.24) is 14.8 Å². The minimum absolute atomic E-state index is 0.154. The van der Waals surface area contributed by atoms with E-state index in [0.717, 1.165) is 23.1 Å². The molecule has 2 aromatic rings. The molecule has 1 heterocycles. The van der Waals surface area contributed by atoms with Crippen molar-refractivity contribution in [2.24, 2.45) is 0 Å². The van der Waals surface area contributed by atoms with Crippen molar-refractivity contribution in [2.45, 2.75) is 44.3 Å². The molecule has 0 spiro atoms. The van der Waals surface area contributed by atoms with Gasteiger partial charge in [0, 0.05) is 18.2 Å². The standard InChI is InChI=1S/C18H22N4O3S/c1-4-22-16(12-7-8-12)20-21-18(22)26-10-15(23)19-14-9-13(17(24)25-3)6-5-11(14)2/h5-6,9,12H,4,7-8,10H2,1-3H3,(H,19,23). The Balaban J connectivity index is 1.64. The molecule has 138 valence electrons. The molecule has 26 heavy (non-hydrogen) atoms. The summed E-state index contributed by atoms with van der Waals surface area (Å²) in [6.45, 7) is 4.73. The molecule has 0 radical (unpaired) electrons. The summed E-state index contributed by atoms with van der Waals surface area (Å²) in [6, 6.07) is 5.09. The van der Waals surface area contributed by atoms with Crippen LogP contribution in [-0.4, -0.2) is 39.5 Å². The van der Waals surface area contributed by atoms with Gasteiger partial charge in [0.05, 0.1) is 18.4 Å². The maximum atomic E-state index is 12.3. The lowest BCUT2D eigenvalue weighted by Crippen LogP contribution is -2.16. The van der Waals surface area contributed by atoms with Crippen LogP contribution in [0.25, 0.3) is 0 Å². The maximum Gasteiger partial charge on any atom is 0.337 e. The number of thioether (sulfide) groups is 1. The fraction of sp³-hybridized carbons (Fsp3) is 0.444. The third-order valence-electron chi connectivity index (χ3n) is 4.27. The van der Waals surface area contributed by atoms with Gasteiger partial charge in [-0.1, -0.05) is 17.8 Å². The van der Waals surface area contributed by atoms with Crippen LogP contribution in [-0.2, 0) is 16.1 Å². The molecule has 1 fully saturated rings. The SMILES string of the molecule is CCn1c(SCC(=O)Nc2cc(C(=O)OC)ccc2C)nnc1C1CC1. The van der Waals surface area contributed by atoms with Gasteiger partial charge < -0.3 is 14.6 Å². The van der Waals surface area contributed by atoms with E-state index in [2.05, 4.69) is 27.0 Å². The molecule has 0 aliphatic heterocycles. The van der Waals surface area contributed by atoms with Gasteiger partial charge in [0.2, 0.25) is 5.91 Å². The van der Waals surface area contributed by atoms with Crippen LogP contribution in [0, 0.1) is 6.92 Å². The highest BCUT2D eigenvalue weighted by Crippen LogP contribution is 2.39. The summed E-state index contributed by atoms with van der Waals surface area (Å²) < 4.78 is 6.80. The second kappa shape index (κ2) is 7.90. The number of nitrogens with one attached hydrogen (secondary N) is 1. The van der Waals surface area contributed by atoms with Gasteiger partial charge in [-0.25, -0.2) is 4.79 Å². The Morgan fingerprint density at radius 3 is 2.77 bits per heavy atom. The number of rotatable bonds is 7. The third-order valence-corrected chi connectivity index (χ3v) is 5.24. The molecule has 0 saturated heterocycles. The number of methoxy groups -OCH3 is 1. The Hall–Kier alpha value is -2.35. The summed E-state index contributed by atoms with van der Waals surface area (Å²) >= 11 is 1.37. The van der Waals surface area contributed by atoms with Gasteiger partial charge in [-0.05, 0) is 44.4 Å². The van der Waals surface area contributed by atoms with Crippen LogP contribution < -0.4 is 5.32 Å². The Morgan fingerprint density at radius 2 is 2.12 bits per heavy atom. The smallest absolute Gasteiger partial charge is 0.337 e. The molecule has 0 unspecified atom stereocenters. The monoisotopic (exact) mass is 374 g/mol. The predicted octanol–water partition coefficient (Wildman–Crippen LogP) is 3.00. The van der Waals surface area contributed by atoms with Gasteiger partial charge >= 0.3 is 5.97 Å². The van der Waals surface area contributed by atoms with Gasteiger partial charge in [0.25, 0.3) is 0 Å². The molecule has 7 nitrogen and oxygen atoms in total. The molecule has 1 saturated carbocycles. The Bertz CT molecular complexity index is 830. The number of hydrogen-bond acceptors (Lipinski definition) is 6. The summed E-state index contributed by atoms with van der Waals surface area (Å²) in [4.78, 5) is 24.0. The van der Waals surface area contributed by atoms with Crippen LogP contribution in [0.5, 0.6) is 0 Å². The number of aryl methyl sites for hydroxylation is 1. The van der Waals surface area contributed by atoms with Crippen molar-refractivity contribution in [1.29, 1.82) is 0 Å². The van der Waals surface area contributed by atoms with E-state index in [4.69, 9.17) is 4.74 Å². The first kappa shape index (κ1) is 18.4. The zero-order valence-electron chi connectivity index (χ0n) is 15.1. The van der Waals surface area contributed by atoms with Crippen molar-refractivity contribution in [3.05, 3.63) is 35.2 Å². The van der Waals surface area contributed by atoms with Crippen LogP contribution in [0.4, 0.5) is 5.69 Å². The molecule has 8 heteroatoms. The lowest BCUT2D eigenvalue weighted by Gasteiger charge is -2.10. The summed E-state index contributed by atoms with van der Waals surface area (Å²) in [5, 5.41) is 12.1. The summed E-state index contributed by atoms with van der Waals surface area (Å²) in [7, 11) is 1.33. The van der Waals surface area contributed by atoms with Crippen LogP contribution in [0.1, 0.15) is 47.4 Å². The van der Waals surface area contributed by atoms with E-state index in [1.807, 2.05) is 6.92 Å². The number of carbonyl (C=O) groups excluding carboxylic acids is 2. The predicted molar refractivity (Wildman–Crippen MR) is 99.5 cm³/mol. The van der Waals surface area contributed by atoms with E-state index < -0.39 is 5.97 Å². The molecule has 1 aromatic carbocycles. The highest BCUT2D eigenvalue weighted by molar-refractivity contribution is 7.99. The summed E-state index contributed by atoms with van der Waals surface area (Å²) in [5.74, 6) is 1.19. The lowest BCUT2D eigenvalue weighted by molar-refractivity contribution is -0.113. The molecule has 1 aromatic heterocycles. The highest BCUT2D eigenvalue weighted by Gasteiger charge is 2.30. The van der Waals surface area contributed by atoms with Crippen LogP contribution >= 0.6 is 11.8 Å². The largest absolute Gasteiger partial charge is 0.465 e. The van der Waals surface area contributed by atoms with Crippen LogP contribution in [0.2, 0.25) is 0 Å². The first-order valence-corrected chi connectivity index (χ1v) is 9.56. The van der Waals surface area contributed by atoms with Crippen molar-refractivity contribution in [3.63, 3.8) is 0 Å². The lowest BCUT2D eigenvalue weighted by atomic mass is 10.1. The van der Waals surface area contributed by atoms with Gasteiger partial charge in [-0.3, -0.25) is 4.79 Å². The average Bonchev–Trinajstić information content (AvgIpc) is 3.40. The van der Waals surface area contributed by atoms with Crippen molar-refractivity contribution in [3.8, 4) is 0 Å². The number of esters is 1. The second-order valence-corrected chi connectivity index (χ2v) is 7.16. The van der Waals surface area contributed by atoms with Gasteiger partial charge in [0.15, 0.2) is 5.16 Å². The van der Waals surface area contributed by atoms with E-state index in [0.29, 0.717) is 17.2 Å². The van der Waals surface area contributed by atoms with E-state index in [-0.39, 0.29) is 11.7 Å². The number of amides is 1. The second-order valence-electron chi connectivity index (χ2n) is 6.22. The molecule has 1 aliphatic carbocycles. The number of nitrogens with zero attached hydrogens (tertiary/aromatic N) is 3. The molecular formula is C18H22N4O3S. The molecule has 1 N–H and O–H groups in total. The van der Waals surface area contributed by atoms with E-state index in [9.17, 15) is 9.59 Å². The van der Waals surface area contributed by atoms with E-state index in [1.165, 1.54) is 31.7 Å². The van der Waals surface area contributed by atoms with Gasteiger partial charge in [0.1, 0.15) is 5.82 Å². The number of hydrogen-bond donors (Lipinski definition) is 1. The van der Waals surface area contributed by atoms with Crippen LogP contribution in [0.15, 0.2) is 23.4 Å². The van der Waals surface area contributed by atoms with Gasteiger partial charge in [-0.15, -0.1) is 10.2 Å². The first-order valence-electron chi connectivity index (χ1n) is 8.58. The van der Waals surface area contributed by atoms with E-state index >= 15 is 0 Å². The zero-order valence-corrected chi connectivity index (χ0v) is 15.9. The van der Waals surface area contributed by atoms with Crippen molar-refractivity contribution < 1.29 is 14.3 Å². The summed E-state index contributed by atoms with van der Waals surface area (Å²) in [6.07, 6.45) is 2.33. The summed E-state index contributed by atoms with van der Waals surface area (Å²) in [5.41, 5.74) is 1.89. The quantitative estimate of drug-likeness (QED) is 0.592. The van der Waals surface area contributed by atoms with Crippen molar-refractivity contribution in [2.75, 3.05) is 18.2 Å². The average molecular weight is 374 g/mol. The maximum absolute atomic E-state index is 12.3. The minimum Gasteiger partial charge on any atom is -0.465 e. The normalized spacial score (nSPS) is 13.5. The first-order chi connectivity index (χ1) is 12.5. The molecule has 1 aliphatic rings. The van der Waals surface area contributed by atoms with Gasteiger partial charge in [-0.2, -0.15) is 0 Å². The molecule has 0 bridgehead atoms. The number of ether oxygens (including phenoxy) is 1. The Kier molecular flexibility index (Phi) is 5.61. The Labute approximate surface area is 156 Å². The molecule has 1 amide bonds. The zero-order chi connectivity index (χ0) is 18.7. The van der Waals surface area contributed by atoms with Crippen LogP contribution in [0.3, 0.4) is 0 Å². The third kappa shape index (κ3) is 4.07. The van der Waals surface area contributed by atoms with Crippen molar-refractivity contribution >= 4 is 29.3 Å². The number of aromatic nitrogens is 3. The fourth-order valence-corrected chi connectivity index (χ4v) is 3.47. The number of benzene rings is 1. The Morgan fingerprint density at radius 1 is 1.35 bits per heavy atom. The fourth-order valence-electron chi connectivity index (χ4n) is 2.67. The number of carbonyl (C=O) groups is 2. The topological polar surface area (TPSA) is 86.1 Å². The minimum atomic E-state index is -0.432. The molecular weight excluding hydrogens is 352 g/mol. The van der Waals surface area contributed by atoms with E-state index in [1.54, 1.807) is 18.2 Å². The highest BCUT2D eigenvalue weighted by atomic mass is 32.2. The molecule has 0 atom stereocenters. The number of anilines is 1. The molecule has 3 rings (SSSR count).